The number of pyridine rings is 1. The topological polar surface area (TPSA) is 70.9 Å². The summed E-state index contributed by atoms with van der Waals surface area (Å²) in [6.07, 6.45) is -0.265. The molecule has 186 valence electrons. The molecule has 7 nitrogen and oxygen atoms in total. The minimum atomic E-state index is -4.48. The van der Waals surface area contributed by atoms with E-state index in [0.717, 1.165) is 50.7 Å². The zero-order valence-corrected chi connectivity index (χ0v) is 19.2. The number of aromatic nitrogens is 2. The van der Waals surface area contributed by atoms with E-state index >= 15 is 0 Å². The molecule has 1 saturated carbocycles. The minimum absolute atomic E-state index is 0.0698. The van der Waals surface area contributed by atoms with E-state index in [1.165, 1.54) is 4.40 Å². The van der Waals surface area contributed by atoms with Gasteiger partial charge < -0.3 is 20.3 Å². The number of hydrogen-bond donors (Lipinski definition) is 2. The Hall–Kier alpha value is -3.27. The number of fused-ring (bicyclic) bond motifs is 1. The number of anilines is 2. The van der Waals surface area contributed by atoms with Gasteiger partial charge in [0.25, 0.3) is 5.91 Å². The molecule has 0 unspecified atom stereocenters. The van der Waals surface area contributed by atoms with Gasteiger partial charge in [0.2, 0.25) is 0 Å². The fourth-order valence-corrected chi connectivity index (χ4v) is 4.77. The van der Waals surface area contributed by atoms with E-state index in [1.807, 2.05) is 24.3 Å². The van der Waals surface area contributed by atoms with Crippen molar-refractivity contribution in [3.05, 3.63) is 59.9 Å². The van der Waals surface area contributed by atoms with E-state index < -0.39 is 11.9 Å². The Balaban J connectivity index is 1.14. The van der Waals surface area contributed by atoms with Crippen LogP contribution >= 0.6 is 0 Å². The summed E-state index contributed by atoms with van der Waals surface area (Å²) in [5.41, 5.74) is 1.07. The van der Waals surface area contributed by atoms with Gasteiger partial charge in [0.05, 0.1) is 13.2 Å². The Bertz CT molecular complexity index is 1160. The van der Waals surface area contributed by atoms with Gasteiger partial charge in [-0.15, -0.1) is 0 Å². The first-order valence-electron chi connectivity index (χ1n) is 11.9. The summed E-state index contributed by atoms with van der Waals surface area (Å²) in [6, 6.07) is 12.8. The number of alkyl halides is 3. The van der Waals surface area contributed by atoms with Gasteiger partial charge in [0.15, 0.2) is 5.69 Å². The molecule has 35 heavy (non-hydrogen) atoms. The molecule has 2 N–H and O–H groups in total. The van der Waals surface area contributed by atoms with Crippen LogP contribution in [0.2, 0.25) is 0 Å². The number of halogens is 3. The summed E-state index contributed by atoms with van der Waals surface area (Å²) in [5, 5.41) is 6.49. The monoisotopic (exact) mass is 487 g/mol. The van der Waals surface area contributed by atoms with Crippen LogP contribution in [0.5, 0.6) is 0 Å². The maximum atomic E-state index is 13.1. The number of imidazole rings is 1. The number of amides is 1. The smallest absolute Gasteiger partial charge is 0.378 e. The molecule has 0 spiro atoms. The number of morpholine rings is 1. The first kappa shape index (κ1) is 23.5. The standard InChI is InChI=1S/C25H28F3N5O2/c26-25(27,28)21-16-33-22(2-1-3-23(33)31-21)29-18-6-8-19(9-7-18)30-24(34)17-4-10-20(11-5-17)32-12-14-35-15-13-32/h1-5,10-11,16,18-19,29H,6-9,12-15H2,(H,30,34). The fraction of sp³-hybridized carbons (Fsp3) is 0.440. The highest BCUT2D eigenvalue weighted by Gasteiger charge is 2.34. The molecule has 1 aromatic carbocycles. The van der Waals surface area contributed by atoms with Crippen LogP contribution in [0.3, 0.4) is 0 Å². The van der Waals surface area contributed by atoms with E-state index in [9.17, 15) is 18.0 Å². The highest BCUT2D eigenvalue weighted by molar-refractivity contribution is 5.94. The van der Waals surface area contributed by atoms with Crippen LogP contribution in [0, 0.1) is 0 Å². The number of carbonyl (C=O) groups excluding carboxylic acids is 1. The molecule has 2 aromatic heterocycles. The number of hydrogen-bond acceptors (Lipinski definition) is 5. The first-order valence-corrected chi connectivity index (χ1v) is 11.9. The van der Waals surface area contributed by atoms with Crippen LogP contribution < -0.4 is 15.5 Å². The Kier molecular flexibility index (Phi) is 6.55. The average molecular weight is 488 g/mol. The molecule has 0 radical (unpaired) electrons. The number of ether oxygens (including phenoxy) is 1. The molecule has 3 heterocycles. The van der Waals surface area contributed by atoms with Gasteiger partial charge in [-0.3, -0.25) is 9.20 Å². The lowest BCUT2D eigenvalue weighted by Crippen LogP contribution is -2.40. The van der Waals surface area contributed by atoms with Crippen LogP contribution in [0.15, 0.2) is 48.7 Å². The average Bonchev–Trinajstić information content (AvgIpc) is 3.32. The van der Waals surface area contributed by atoms with Crippen LogP contribution in [0.25, 0.3) is 5.65 Å². The lowest BCUT2D eigenvalue weighted by molar-refractivity contribution is -0.140. The van der Waals surface area contributed by atoms with Gasteiger partial charge in [-0.25, -0.2) is 4.98 Å². The Morgan fingerprint density at radius 2 is 1.66 bits per heavy atom. The minimum Gasteiger partial charge on any atom is -0.378 e. The molecule has 5 rings (SSSR count). The predicted octanol–water partition coefficient (Wildman–Crippen LogP) is 4.34. The highest BCUT2D eigenvalue weighted by atomic mass is 19.4. The lowest BCUT2D eigenvalue weighted by Gasteiger charge is -2.30. The van der Waals surface area contributed by atoms with Crippen molar-refractivity contribution in [3.63, 3.8) is 0 Å². The number of benzene rings is 1. The molecule has 0 atom stereocenters. The SMILES string of the molecule is O=C(NC1CCC(Nc2cccc3nc(C(F)(F)F)cn23)CC1)c1ccc(N2CCOCC2)cc1. The molecule has 1 amide bonds. The first-order chi connectivity index (χ1) is 16.9. The molecular formula is C25H28F3N5O2. The second-order valence-electron chi connectivity index (χ2n) is 9.08. The van der Waals surface area contributed by atoms with Crippen LogP contribution in [-0.2, 0) is 10.9 Å². The number of nitrogens with one attached hydrogen (secondary N) is 2. The lowest BCUT2D eigenvalue weighted by atomic mass is 9.91. The van der Waals surface area contributed by atoms with E-state index in [0.29, 0.717) is 24.6 Å². The van der Waals surface area contributed by atoms with Crippen molar-refractivity contribution in [2.24, 2.45) is 0 Å². The Morgan fingerprint density at radius 3 is 2.34 bits per heavy atom. The van der Waals surface area contributed by atoms with Gasteiger partial charge in [0.1, 0.15) is 11.5 Å². The van der Waals surface area contributed by atoms with Crippen LogP contribution in [0.1, 0.15) is 41.7 Å². The maximum absolute atomic E-state index is 13.1. The molecule has 0 bridgehead atoms. The molecule has 1 aliphatic heterocycles. The van der Waals surface area contributed by atoms with Crippen molar-refractivity contribution in [2.45, 2.75) is 43.9 Å². The van der Waals surface area contributed by atoms with Crippen molar-refractivity contribution in [1.82, 2.24) is 14.7 Å². The fourth-order valence-electron chi connectivity index (χ4n) is 4.77. The van der Waals surface area contributed by atoms with Gasteiger partial charge in [-0.2, -0.15) is 13.2 Å². The summed E-state index contributed by atoms with van der Waals surface area (Å²) in [7, 11) is 0. The van der Waals surface area contributed by atoms with Gasteiger partial charge in [-0.1, -0.05) is 6.07 Å². The van der Waals surface area contributed by atoms with Crippen molar-refractivity contribution < 1.29 is 22.7 Å². The van der Waals surface area contributed by atoms with Crippen molar-refractivity contribution in [1.29, 1.82) is 0 Å². The number of carbonyl (C=O) groups is 1. The van der Waals surface area contributed by atoms with E-state index in [-0.39, 0.29) is 23.6 Å². The molecule has 1 aliphatic carbocycles. The van der Waals surface area contributed by atoms with E-state index in [4.69, 9.17) is 4.74 Å². The van der Waals surface area contributed by atoms with E-state index in [2.05, 4.69) is 20.5 Å². The third-order valence-electron chi connectivity index (χ3n) is 6.70. The summed E-state index contributed by atoms with van der Waals surface area (Å²) < 4.78 is 46.0. The zero-order valence-electron chi connectivity index (χ0n) is 19.2. The Morgan fingerprint density at radius 1 is 0.971 bits per heavy atom. The second kappa shape index (κ2) is 9.77. The van der Waals surface area contributed by atoms with E-state index in [1.54, 1.807) is 18.2 Å². The summed E-state index contributed by atoms with van der Waals surface area (Å²) in [5.74, 6) is 0.496. The van der Waals surface area contributed by atoms with Gasteiger partial charge in [-0.05, 0) is 62.1 Å². The third kappa shape index (κ3) is 5.37. The van der Waals surface area contributed by atoms with Gasteiger partial charge in [0, 0.05) is 42.6 Å². The molecule has 2 fully saturated rings. The molecule has 1 saturated heterocycles. The van der Waals surface area contributed by atoms with Crippen LogP contribution in [0.4, 0.5) is 24.7 Å². The molecule has 2 aliphatic rings. The number of nitrogens with zero attached hydrogens (tertiary/aromatic N) is 3. The largest absolute Gasteiger partial charge is 0.434 e. The quantitative estimate of drug-likeness (QED) is 0.560. The Labute approximate surface area is 201 Å². The second-order valence-corrected chi connectivity index (χ2v) is 9.08. The van der Waals surface area contributed by atoms with Crippen molar-refractivity contribution >= 4 is 23.1 Å². The van der Waals surface area contributed by atoms with Crippen LogP contribution in [-0.4, -0.2) is 53.7 Å². The van der Waals surface area contributed by atoms with Gasteiger partial charge >= 0.3 is 6.18 Å². The van der Waals surface area contributed by atoms with Crippen molar-refractivity contribution in [2.75, 3.05) is 36.5 Å². The zero-order chi connectivity index (χ0) is 24.4. The molecular weight excluding hydrogens is 459 g/mol. The molecule has 3 aromatic rings. The molecule has 10 heteroatoms. The maximum Gasteiger partial charge on any atom is 0.434 e. The predicted molar refractivity (Wildman–Crippen MR) is 127 cm³/mol. The summed E-state index contributed by atoms with van der Waals surface area (Å²) in [6.45, 7) is 3.13. The summed E-state index contributed by atoms with van der Waals surface area (Å²) in [4.78, 5) is 18.7. The van der Waals surface area contributed by atoms with Crippen molar-refractivity contribution in [3.8, 4) is 0 Å². The summed E-state index contributed by atoms with van der Waals surface area (Å²) >= 11 is 0. The number of rotatable bonds is 5. The normalized spacial score (nSPS) is 21.2. The third-order valence-corrected chi connectivity index (χ3v) is 6.70. The highest BCUT2D eigenvalue weighted by Crippen LogP contribution is 2.30.